The van der Waals surface area contributed by atoms with Gasteiger partial charge in [-0.3, -0.25) is 9.59 Å². The largest absolute Gasteiger partial charge is 0.449 e. The Labute approximate surface area is 66.7 Å². The molecular formula is C6H8F3NO2. The fraction of sp³-hybridized carbons (Fsp3) is 0.667. The van der Waals surface area contributed by atoms with E-state index in [1.54, 1.807) is 0 Å². The number of Topliss-reactive ketones (excluding diaryl/α,β-unsaturated/α-hetero) is 1. The second-order valence-corrected chi connectivity index (χ2v) is 2.43. The van der Waals surface area contributed by atoms with Crippen LogP contribution in [-0.4, -0.2) is 17.9 Å². The first-order valence-electron chi connectivity index (χ1n) is 3.14. The van der Waals surface area contributed by atoms with Gasteiger partial charge in [-0.2, -0.15) is 13.2 Å². The van der Waals surface area contributed by atoms with Gasteiger partial charge in [0.05, 0.1) is 0 Å². The maximum Gasteiger partial charge on any atom is 0.449 e. The van der Waals surface area contributed by atoms with Gasteiger partial charge in [0.1, 0.15) is 0 Å². The third kappa shape index (κ3) is 3.36. The topological polar surface area (TPSA) is 60.2 Å². The van der Waals surface area contributed by atoms with Gasteiger partial charge in [0.2, 0.25) is 11.7 Å². The fourth-order valence-corrected chi connectivity index (χ4v) is 0.494. The number of carbonyl (C=O) groups excluding carboxylic acids is 2. The first-order valence-corrected chi connectivity index (χ1v) is 3.14. The number of hydrogen-bond acceptors (Lipinski definition) is 2. The van der Waals surface area contributed by atoms with Crippen LogP contribution in [0.1, 0.15) is 13.3 Å². The predicted octanol–water partition coefficient (Wildman–Crippen LogP) is 0.629. The zero-order chi connectivity index (χ0) is 9.94. The molecule has 0 rings (SSSR count). The van der Waals surface area contributed by atoms with Gasteiger partial charge < -0.3 is 5.73 Å². The molecule has 1 atom stereocenters. The lowest BCUT2D eigenvalue weighted by Crippen LogP contribution is -2.29. The Morgan fingerprint density at radius 3 is 2.08 bits per heavy atom. The minimum absolute atomic E-state index is 0.876. The van der Waals surface area contributed by atoms with E-state index in [1.807, 2.05) is 0 Å². The molecule has 0 saturated carbocycles. The molecule has 0 aromatic carbocycles. The van der Waals surface area contributed by atoms with Crippen molar-refractivity contribution in [1.29, 1.82) is 0 Å². The van der Waals surface area contributed by atoms with Gasteiger partial charge >= 0.3 is 6.18 Å². The summed E-state index contributed by atoms with van der Waals surface area (Å²) in [6.45, 7) is 1.17. The van der Waals surface area contributed by atoms with Crippen molar-refractivity contribution >= 4 is 11.7 Å². The van der Waals surface area contributed by atoms with E-state index in [0.29, 0.717) is 0 Å². The third-order valence-corrected chi connectivity index (χ3v) is 1.29. The van der Waals surface area contributed by atoms with Crippen LogP contribution in [0.15, 0.2) is 0 Å². The molecule has 1 unspecified atom stereocenters. The molecule has 0 bridgehead atoms. The average Bonchev–Trinajstić information content (AvgIpc) is 1.85. The molecule has 0 saturated heterocycles. The van der Waals surface area contributed by atoms with Gasteiger partial charge in [-0.1, -0.05) is 6.92 Å². The van der Waals surface area contributed by atoms with Crippen LogP contribution in [-0.2, 0) is 9.59 Å². The Morgan fingerprint density at radius 1 is 1.42 bits per heavy atom. The number of alkyl halides is 3. The molecule has 6 heteroatoms. The smallest absolute Gasteiger partial charge is 0.369 e. The van der Waals surface area contributed by atoms with Crippen LogP contribution in [0.4, 0.5) is 13.2 Å². The Hall–Kier alpha value is -1.07. The first-order chi connectivity index (χ1) is 5.25. The summed E-state index contributed by atoms with van der Waals surface area (Å²) >= 11 is 0. The van der Waals surface area contributed by atoms with Crippen molar-refractivity contribution in [3.05, 3.63) is 0 Å². The van der Waals surface area contributed by atoms with Crippen LogP contribution in [0.2, 0.25) is 0 Å². The van der Waals surface area contributed by atoms with Crippen molar-refractivity contribution in [3.8, 4) is 0 Å². The Balaban J connectivity index is 4.11. The molecule has 3 nitrogen and oxygen atoms in total. The molecule has 0 aromatic heterocycles. The van der Waals surface area contributed by atoms with Crippen molar-refractivity contribution in [1.82, 2.24) is 0 Å². The van der Waals surface area contributed by atoms with E-state index in [-0.39, 0.29) is 0 Å². The van der Waals surface area contributed by atoms with Crippen LogP contribution >= 0.6 is 0 Å². The number of carbonyl (C=O) groups is 2. The van der Waals surface area contributed by atoms with Crippen molar-refractivity contribution < 1.29 is 22.8 Å². The Kier molecular flexibility index (Phi) is 3.24. The lowest BCUT2D eigenvalue weighted by molar-refractivity contribution is -0.172. The predicted molar refractivity (Wildman–Crippen MR) is 34.0 cm³/mol. The highest BCUT2D eigenvalue weighted by molar-refractivity contribution is 5.88. The number of primary amides is 1. The number of amides is 1. The standard InChI is InChI=1S/C6H8F3NO2/c1-3(5(10)12)2-4(11)6(7,8)9/h3H,2H2,1H3,(H2,10,12). The summed E-state index contributed by atoms with van der Waals surface area (Å²) in [5.41, 5.74) is 4.67. The van der Waals surface area contributed by atoms with Gasteiger partial charge in [-0.25, -0.2) is 0 Å². The third-order valence-electron chi connectivity index (χ3n) is 1.29. The van der Waals surface area contributed by atoms with Crippen molar-refractivity contribution in [3.63, 3.8) is 0 Å². The molecule has 70 valence electrons. The van der Waals surface area contributed by atoms with Crippen molar-refractivity contribution in [2.24, 2.45) is 11.7 Å². The first kappa shape index (κ1) is 10.9. The van der Waals surface area contributed by atoms with Crippen LogP contribution in [0.25, 0.3) is 0 Å². The van der Waals surface area contributed by atoms with Gasteiger partial charge in [-0.05, 0) is 0 Å². The number of nitrogens with two attached hydrogens (primary N) is 1. The maximum atomic E-state index is 11.6. The quantitative estimate of drug-likeness (QED) is 0.697. The summed E-state index contributed by atoms with van der Waals surface area (Å²) in [4.78, 5) is 20.5. The highest BCUT2D eigenvalue weighted by Crippen LogP contribution is 2.20. The van der Waals surface area contributed by atoms with Crippen LogP contribution < -0.4 is 5.73 Å². The molecule has 0 spiro atoms. The minimum Gasteiger partial charge on any atom is -0.369 e. The summed E-state index contributed by atoms with van der Waals surface area (Å²) in [5.74, 6) is -3.90. The Bertz CT molecular complexity index is 199. The van der Waals surface area contributed by atoms with Gasteiger partial charge in [0.25, 0.3) is 0 Å². The average molecular weight is 183 g/mol. The van der Waals surface area contributed by atoms with Crippen molar-refractivity contribution in [2.45, 2.75) is 19.5 Å². The molecule has 0 aliphatic rings. The molecule has 0 aliphatic heterocycles. The second kappa shape index (κ2) is 3.55. The fourth-order valence-electron chi connectivity index (χ4n) is 0.494. The van der Waals surface area contributed by atoms with E-state index in [4.69, 9.17) is 0 Å². The van der Waals surface area contributed by atoms with Crippen LogP contribution in [0.5, 0.6) is 0 Å². The summed E-state index contributed by atoms with van der Waals surface area (Å²) in [6.07, 6.45) is -5.75. The van der Waals surface area contributed by atoms with E-state index in [2.05, 4.69) is 5.73 Å². The number of halogens is 3. The molecular weight excluding hydrogens is 175 g/mol. The van der Waals surface area contributed by atoms with E-state index in [1.165, 1.54) is 6.92 Å². The Morgan fingerprint density at radius 2 is 1.83 bits per heavy atom. The van der Waals surface area contributed by atoms with Gasteiger partial charge in [0, 0.05) is 12.3 Å². The maximum absolute atomic E-state index is 11.6. The zero-order valence-electron chi connectivity index (χ0n) is 6.31. The summed E-state index contributed by atoms with van der Waals surface area (Å²) in [6, 6.07) is 0. The monoisotopic (exact) mass is 183 g/mol. The molecule has 2 N–H and O–H groups in total. The van der Waals surface area contributed by atoms with Gasteiger partial charge in [-0.15, -0.1) is 0 Å². The number of ketones is 1. The second-order valence-electron chi connectivity index (χ2n) is 2.43. The lowest BCUT2D eigenvalue weighted by Gasteiger charge is -2.07. The summed E-state index contributed by atoms with van der Waals surface area (Å²) in [5, 5.41) is 0. The summed E-state index contributed by atoms with van der Waals surface area (Å²) in [7, 11) is 0. The minimum atomic E-state index is -4.87. The van der Waals surface area contributed by atoms with Crippen LogP contribution in [0, 0.1) is 5.92 Å². The summed E-state index contributed by atoms with van der Waals surface area (Å²) < 4.78 is 34.7. The van der Waals surface area contributed by atoms with Crippen LogP contribution in [0.3, 0.4) is 0 Å². The molecule has 12 heavy (non-hydrogen) atoms. The molecule has 0 fully saturated rings. The molecule has 0 heterocycles. The molecule has 1 amide bonds. The molecule has 0 aliphatic carbocycles. The van der Waals surface area contributed by atoms with Crippen molar-refractivity contribution in [2.75, 3.05) is 0 Å². The normalized spacial score (nSPS) is 14.0. The SMILES string of the molecule is CC(CC(=O)C(F)(F)F)C(N)=O. The number of hydrogen-bond donors (Lipinski definition) is 1. The van der Waals surface area contributed by atoms with E-state index in [0.717, 1.165) is 0 Å². The van der Waals surface area contributed by atoms with E-state index in [9.17, 15) is 22.8 Å². The van der Waals surface area contributed by atoms with Gasteiger partial charge in [0.15, 0.2) is 0 Å². The van der Waals surface area contributed by atoms with E-state index < -0.39 is 30.2 Å². The van der Waals surface area contributed by atoms with E-state index >= 15 is 0 Å². The number of rotatable bonds is 3. The zero-order valence-corrected chi connectivity index (χ0v) is 6.31. The molecule has 0 radical (unpaired) electrons. The highest BCUT2D eigenvalue weighted by Gasteiger charge is 2.39. The molecule has 0 aromatic rings. The lowest BCUT2D eigenvalue weighted by atomic mass is 10.0. The highest BCUT2D eigenvalue weighted by atomic mass is 19.4.